The Hall–Kier alpha value is -3.34. The molecule has 4 rings (SSSR count). The highest BCUT2D eigenvalue weighted by Gasteiger charge is 2.27. The van der Waals surface area contributed by atoms with E-state index in [0.29, 0.717) is 5.84 Å². The number of Topliss-reactive ketones (excluding diaryl/α,β-unsaturated/α-hetero) is 1. The summed E-state index contributed by atoms with van der Waals surface area (Å²) in [7, 11) is 1.58. The van der Waals surface area contributed by atoms with Crippen molar-refractivity contribution in [2.24, 2.45) is 4.99 Å². The van der Waals surface area contributed by atoms with Gasteiger partial charge in [0, 0.05) is 30.4 Å². The van der Waals surface area contributed by atoms with E-state index in [1.54, 1.807) is 13.2 Å². The normalized spacial score (nSPS) is 14.8. The Kier molecular flexibility index (Phi) is 3.61. The second-order valence-electron chi connectivity index (χ2n) is 5.91. The average Bonchev–Trinajstić information content (AvgIpc) is 2.66. The zero-order valence-electron chi connectivity index (χ0n) is 13.6. The van der Waals surface area contributed by atoms with Crippen molar-refractivity contribution in [3.63, 3.8) is 0 Å². The predicted molar refractivity (Wildman–Crippen MR) is 96.4 cm³/mol. The lowest BCUT2D eigenvalue weighted by Gasteiger charge is -2.22. The van der Waals surface area contributed by atoms with Gasteiger partial charge in [-0.15, -0.1) is 0 Å². The Morgan fingerprint density at radius 1 is 1.00 bits per heavy atom. The minimum absolute atomic E-state index is 0.0946. The van der Waals surface area contributed by atoms with E-state index in [1.807, 2.05) is 48.7 Å². The fraction of sp³-hybridized carbons (Fsp3) is 0.100. The Bertz CT molecular complexity index is 1030. The maximum absolute atomic E-state index is 11.9. The predicted octanol–water partition coefficient (Wildman–Crippen LogP) is 2.69. The summed E-state index contributed by atoms with van der Waals surface area (Å²) in [4.78, 5) is 33.2. The summed E-state index contributed by atoms with van der Waals surface area (Å²) < 4.78 is 0. The smallest absolute Gasteiger partial charge is 0.293 e. The van der Waals surface area contributed by atoms with Gasteiger partial charge in [-0.05, 0) is 28.6 Å². The van der Waals surface area contributed by atoms with E-state index in [0.717, 1.165) is 27.5 Å². The van der Waals surface area contributed by atoms with Crippen LogP contribution >= 0.6 is 0 Å². The maximum atomic E-state index is 11.9. The summed E-state index contributed by atoms with van der Waals surface area (Å²) in [5, 5.41) is 2.18. The molecule has 3 aromatic rings. The highest BCUT2D eigenvalue weighted by Crippen LogP contribution is 2.29. The molecule has 0 aliphatic carbocycles. The van der Waals surface area contributed by atoms with Crippen molar-refractivity contribution in [2.75, 3.05) is 13.6 Å². The third kappa shape index (κ3) is 2.59. The third-order valence-electron chi connectivity index (χ3n) is 4.35. The first-order valence-electron chi connectivity index (χ1n) is 7.94. The van der Waals surface area contributed by atoms with Gasteiger partial charge in [0.1, 0.15) is 12.4 Å². The molecular weight excluding hydrogens is 314 g/mol. The van der Waals surface area contributed by atoms with Crippen molar-refractivity contribution in [2.45, 2.75) is 0 Å². The standard InChI is InChI=1S/C20H15N3O2/c1-23-19(22-12-18(24)20(23)25)14-5-2-4-13(10-14)16-7-3-6-15-11-21-9-8-17(15)16/h2-11H,12H2,1H3. The molecule has 0 unspecified atom stereocenters. The number of rotatable bonds is 2. The molecule has 5 nitrogen and oxygen atoms in total. The molecule has 25 heavy (non-hydrogen) atoms. The van der Waals surface area contributed by atoms with Gasteiger partial charge < -0.3 is 0 Å². The number of carbonyl (C=O) groups is 2. The van der Waals surface area contributed by atoms with Gasteiger partial charge in [0.05, 0.1) is 0 Å². The lowest BCUT2D eigenvalue weighted by atomic mass is 9.97. The van der Waals surface area contributed by atoms with Gasteiger partial charge in [0.2, 0.25) is 5.78 Å². The van der Waals surface area contributed by atoms with Gasteiger partial charge in [-0.2, -0.15) is 0 Å². The molecule has 1 aliphatic rings. The van der Waals surface area contributed by atoms with Crippen LogP contribution in [0.5, 0.6) is 0 Å². The zero-order valence-corrected chi connectivity index (χ0v) is 13.6. The third-order valence-corrected chi connectivity index (χ3v) is 4.35. The molecule has 0 N–H and O–H groups in total. The molecular formula is C20H15N3O2. The first-order chi connectivity index (χ1) is 12.1. The molecule has 1 amide bonds. The number of hydrogen-bond acceptors (Lipinski definition) is 4. The van der Waals surface area contributed by atoms with E-state index in [4.69, 9.17) is 0 Å². The second kappa shape index (κ2) is 5.94. The van der Waals surface area contributed by atoms with E-state index in [1.165, 1.54) is 4.90 Å². The van der Waals surface area contributed by atoms with Gasteiger partial charge in [-0.1, -0.05) is 36.4 Å². The number of fused-ring (bicyclic) bond motifs is 1. The zero-order chi connectivity index (χ0) is 17.4. The molecule has 2 heterocycles. The van der Waals surface area contributed by atoms with Crippen LogP contribution in [0.3, 0.4) is 0 Å². The molecule has 0 fully saturated rings. The molecule has 0 atom stereocenters. The molecule has 5 heteroatoms. The van der Waals surface area contributed by atoms with Gasteiger partial charge in [0.25, 0.3) is 5.91 Å². The second-order valence-corrected chi connectivity index (χ2v) is 5.91. The molecule has 122 valence electrons. The lowest BCUT2D eigenvalue weighted by molar-refractivity contribution is -0.141. The van der Waals surface area contributed by atoms with Crippen LogP contribution in [0.1, 0.15) is 5.56 Å². The number of amides is 1. The summed E-state index contributed by atoms with van der Waals surface area (Å²) >= 11 is 0. The van der Waals surface area contributed by atoms with Gasteiger partial charge >= 0.3 is 0 Å². The highest BCUT2D eigenvalue weighted by atomic mass is 16.2. The Morgan fingerprint density at radius 3 is 2.68 bits per heavy atom. The Balaban J connectivity index is 1.83. The molecule has 0 spiro atoms. The van der Waals surface area contributed by atoms with Crippen LogP contribution in [0.15, 0.2) is 65.9 Å². The van der Waals surface area contributed by atoms with E-state index in [-0.39, 0.29) is 6.54 Å². The van der Waals surface area contributed by atoms with Crippen LogP contribution in [0, 0.1) is 0 Å². The largest absolute Gasteiger partial charge is 0.297 e. The number of carbonyl (C=O) groups excluding carboxylic acids is 2. The summed E-state index contributed by atoms with van der Waals surface area (Å²) in [5.41, 5.74) is 2.92. The van der Waals surface area contributed by atoms with Crippen LogP contribution in [0.25, 0.3) is 21.9 Å². The van der Waals surface area contributed by atoms with Gasteiger partial charge in [-0.25, -0.2) is 0 Å². The van der Waals surface area contributed by atoms with E-state index in [9.17, 15) is 9.59 Å². The molecule has 0 saturated carbocycles. The topological polar surface area (TPSA) is 62.6 Å². The van der Waals surface area contributed by atoms with Crippen molar-refractivity contribution < 1.29 is 9.59 Å². The number of hydrogen-bond donors (Lipinski definition) is 0. The van der Waals surface area contributed by atoms with Gasteiger partial charge in [0.15, 0.2) is 0 Å². The number of ketones is 1. The van der Waals surface area contributed by atoms with Crippen molar-refractivity contribution in [1.82, 2.24) is 9.88 Å². The van der Waals surface area contributed by atoms with Gasteiger partial charge in [-0.3, -0.25) is 24.5 Å². The van der Waals surface area contributed by atoms with E-state index in [2.05, 4.69) is 16.0 Å². The van der Waals surface area contributed by atoms with E-state index >= 15 is 0 Å². The minimum atomic E-state index is -0.522. The van der Waals surface area contributed by atoms with Crippen LogP contribution in [0.2, 0.25) is 0 Å². The summed E-state index contributed by atoms with van der Waals surface area (Å²) in [5.74, 6) is -0.482. The number of aliphatic imine (C=N–C) groups is 1. The lowest BCUT2D eigenvalue weighted by Crippen LogP contribution is -2.43. The fourth-order valence-corrected chi connectivity index (χ4v) is 3.09. The molecule has 2 aromatic carbocycles. The Morgan fingerprint density at radius 2 is 1.80 bits per heavy atom. The van der Waals surface area contributed by atoms with Crippen LogP contribution in [-0.2, 0) is 9.59 Å². The number of nitrogens with zero attached hydrogens (tertiary/aromatic N) is 3. The number of benzene rings is 2. The highest BCUT2D eigenvalue weighted by molar-refractivity contribution is 6.42. The number of pyridine rings is 1. The Labute approximate surface area is 144 Å². The van der Waals surface area contributed by atoms with Crippen LogP contribution in [-0.4, -0.2) is 41.0 Å². The molecule has 0 bridgehead atoms. The fourth-order valence-electron chi connectivity index (χ4n) is 3.09. The number of likely N-dealkylation sites (N-methyl/N-ethyl adjacent to an activating group) is 1. The summed E-state index contributed by atoms with van der Waals surface area (Å²) in [6.45, 7) is -0.0946. The van der Waals surface area contributed by atoms with Crippen LogP contribution < -0.4 is 0 Å². The van der Waals surface area contributed by atoms with Crippen molar-refractivity contribution >= 4 is 28.3 Å². The van der Waals surface area contributed by atoms with Crippen molar-refractivity contribution in [3.05, 3.63) is 66.5 Å². The molecule has 0 radical (unpaired) electrons. The average molecular weight is 329 g/mol. The SMILES string of the molecule is CN1C(=O)C(=O)CN=C1c1cccc(-c2cccc3cnccc23)c1. The minimum Gasteiger partial charge on any atom is -0.293 e. The molecule has 1 aliphatic heterocycles. The van der Waals surface area contributed by atoms with Crippen molar-refractivity contribution in [3.8, 4) is 11.1 Å². The summed E-state index contributed by atoms with van der Waals surface area (Å²) in [6.07, 6.45) is 3.62. The van der Waals surface area contributed by atoms with Crippen LogP contribution in [0.4, 0.5) is 0 Å². The first-order valence-corrected chi connectivity index (χ1v) is 7.94. The number of amidine groups is 1. The number of aromatic nitrogens is 1. The monoisotopic (exact) mass is 329 g/mol. The van der Waals surface area contributed by atoms with Crippen molar-refractivity contribution in [1.29, 1.82) is 0 Å². The summed E-state index contributed by atoms with van der Waals surface area (Å²) in [6, 6.07) is 15.9. The molecule has 0 saturated heterocycles. The first kappa shape index (κ1) is 15.2. The maximum Gasteiger partial charge on any atom is 0.297 e. The van der Waals surface area contributed by atoms with E-state index < -0.39 is 11.7 Å². The molecule has 1 aromatic heterocycles. The quantitative estimate of drug-likeness (QED) is 0.679.